The first-order valence-electron chi connectivity index (χ1n) is 8.87. The lowest BCUT2D eigenvalue weighted by Gasteiger charge is -2.15. The van der Waals surface area contributed by atoms with Gasteiger partial charge < -0.3 is 5.32 Å². The fourth-order valence-electron chi connectivity index (χ4n) is 3.13. The highest BCUT2D eigenvalue weighted by molar-refractivity contribution is 6.31. The Bertz CT molecular complexity index is 1070. The molecule has 1 aliphatic carbocycles. The van der Waals surface area contributed by atoms with Crippen molar-refractivity contribution >= 4 is 17.5 Å². The fourth-order valence-corrected chi connectivity index (χ4v) is 3.37. The summed E-state index contributed by atoms with van der Waals surface area (Å²) in [5, 5.41) is 17.0. The predicted octanol–water partition coefficient (Wildman–Crippen LogP) is 3.36. The van der Waals surface area contributed by atoms with E-state index in [0.29, 0.717) is 22.2 Å². The molecule has 8 heteroatoms. The summed E-state index contributed by atoms with van der Waals surface area (Å²) in [5.74, 6) is 0.886. The van der Waals surface area contributed by atoms with Gasteiger partial charge in [0, 0.05) is 16.8 Å². The number of nitrogens with zero attached hydrogens (tertiary/aromatic N) is 5. The molecule has 1 fully saturated rings. The molecular weight excluding hydrogens is 376 g/mol. The molecule has 140 valence electrons. The fraction of sp³-hybridized carbons (Fsp3) is 0.250. The summed E-state index contributed by atoms with van der Waals surface area (Å²) in [6, 6.07) is 12.5. The van der Waals surface area contributed by atoms with Crippen LogP contribution in [0.4, 0.5) is 0 Å². The molecule has 1 atom stereocenters. The predicted molar refractivity (Wildman–Crippen MR) is 103 cm³/mol. The van der Waals surface area contributed by atoms with E-state index in [2.05, 4.69) is 26.5 Å². The number of pyridine rings is 1. The number of hydrogen-bond acceptors (Lipinski definition) is 5. The van der Waals surface area contributed by atoms with Crippen molar-refractivity contribution in [2.75, 3.05) is 0 Å². The number of nitriles is 1. The summed E-state index contributed by atoms with van der Waals surface area (Å²) in [4.78, 5) is 21.3. The summed E-state index contributed by atoms with van der Waals surface area (Å²) in [7, 11) is 0. The van der Waals surface area contributed by atoms with Crippen molar-refractivity contribution in [3.05, 3.63) is 70.9 Å². The van der Waals surface area contributed by atoms with Crippen LogP contribution >= 0.6 is 11.6 Å². The highest BCUT2D eigenvalue weighted by Crippen LogP contribution is 2.48. The lowest BCUT2D eigenvalue weighted by Crippen LogP contribution is -2.29. The number of benzene rings is 1. The van der Waals surface area contributed by atoms with Crippen LogP contribution in [0, 0.1) is 11.3 Å². The van der Waals surface area contributed by atoms with Gasteiger partial charge >= 0.3 is 0 Å². The first kappa shape index (κ1) is 18.1. The zero-order valence-electron chi connectivity index (χ0n) is 15.1. The van der Waals surface area contributed by atoms with Gasteiger partial charge in [-0.2, -0.15) is 15.0 Å². The molecule has 28 heavy (non-hydrogen) atoms. The highest BCUT2D eigenvalue weighted by atomic mass is 35.5. The van der Waals surface area contributed by atoms with Crippen molar-refractivity contribution in [3.63, 3.8) is 0 Å². The van der Waals surface area contributed by atoms with Crippen LogP contribution in [0.5, 0.6) is 0 Å². The van der Waals surface area contributed by atoms with Gasteiger partial charge in [0.15, 0.2) is 11.6 Å². The monoisotopic (exact) mass is 392 g/mol. The normalized spacial score (nSPS) is 15.5. The van der Waals surface area contributed by atoms with Crippen LogP contribution in [-0.2, 0) is 5.41 Å². The molecule has 1 N–H and O–H groups in total. The lowest BCUT2D eigenvalue weighted by molar-refractivity contribution is 0.0937. The van der Waals surface area contributed by atoms with Crippen LogP contribution in [0.15, 0.2) is 48.9 Å². The van der Waals surface area contributed by atoms with Crippen LogP contribution in [-0.4, -0.2) is 25.7 Å². The van der Waals surface area contributed by atoms with Crippen molar-refractivity contribution < 1.29 is 4.79 Å². The van der Waals surface area contributed by atoms with Crippen molar-refractivity contribution in [2.24, 2.45) is 0 Å². The SMILES string of the molecule is C[C@@H](NC(=O)c1cc(Cl)cc(C2(C#N)CC2)c1)c1ncnn1-c1ccccn1. The molecule has 4 rings (SSSR count). The lowest BCUT2D eigenvalue weighted by atomic mass is 9.95. The Morgan fingerprint density at radius 1 is 1.32 bits per heavy atom. The van der Waals surface area contributed by atoms with E-state index in [9.17, 15) is 10.1 Å². The average Bonchev–Trinajstić information content (AvgIpc) is 3.36. The van der Waals surface area contributed by atoms with Gasteiger partial charge in [0.25, 0.3) is 5.91 Å². The van der Waals surface area contributed by atoms with Crippen LogP contribution in [0.1, 0.15) is 47.6 Å². The molecule has 2 heterocycles. The zero-order chi connectivity index (χ0) is 19.7. The second-order valence-electron chi connectivity index (χ2n) is 6.84. The maximum absolute atomic E-state index is 12.8. The molecule has 2 aromatic heterocycles. The van der Waals surface area contributed by atoms with Gasteiger partial charge in [0.05, 0.1) is 17.5 Å². The smallest absolute Gasteiger partial charge is 0.251 e. The third kappa shape index (κ3) is 3.35. The molecule has 0 unspecified atom stereocenters. The second kappa shape index (κ2) is 7.06. The van der Waals surface area contributed by atoms with Gasteiger partial charge in [-0.05, 0) is 55.7 Å². The quantitative estimate of drug-likeness (QED) is 0.718. The number of carbonyl (C=O) groups excluding carboxylic acids is 1. The van der Waals surface area contributed by atoms with Gasteiger partial charge in [0.1, 0.15) is 6.33 Å². The van der Waals surface area contributed by atoms with E-state index < -0.39 is 11.5 Å². The minimum atomic E-state index is -0.509. The Morgan fingerprint density at radius 2 is 2.14 bits per heavy atom. The molecule has 3 aromatic rings. The number of aromatic nitrogens is 4. The van der Waals surface area contributed by atoms with Crippen LogP contribution in [0.25, 0.3) is 5.82 Å². The average molecular weight is 393 g/mol. The third-order valence-electron chi connectivity index (χ3n) is 4.85. The number of rotatable bonds is 5. The number of halogens is 1. The standard InChI is InChI=1S/C20H17ClN6O/c1-13(18-24-12-25-27(18)17-4-2-3-7-23-17)26-19(28)14-8-15(10-16(21)9-14)20(11-22)5-6-20/h2-4,7-10,12-13H,5-6H2,1H3,(H,26,28)/t13-/m1/s1. The molecule has 0 spiro atoms. The highest BCUT2D eigenvalue weighted by Gasteiger charge is 2.45. The van der Waals surface area contributed by atoms with E-state index in [0.717, 1.165) is 18.4 Å². The summed E-state index contributed by atoms with van der Waals surface area (Å²) in [5.41, 5.74) is 0.696. The molecule has 0 bridgehead atoms. The van der Waals surface area contributed by atoms with E-state index in [-0.39, 0.29) is 5.91 Å². The summed E-state index contributed by atoms with van der Waals surface area (Å²) < 4.78 is 1.59. The molecule has 0 radical (unpaired) electrons. The van der Waals surface area contributed by atoms with Gasteiger partial charge in [-0.1, -0.05) is 17.7 Å². The van der Waals surface area contributed by atoms with Crippen molar-refractivity contribution in [1.82, 2.24) is 25.1 Å². The number of carbonyl (C=O) groups is 1. The Kier molecular flexibility index (Phi) is 4.57. The number of amides is 1. The topological polar surface area (TPSA) is 96.5 Å². The Morgan fingerprint density at radius 3 is 2.82 bits per heavy atom. The van der Waals surface area contributed by atoms with E-state index in [4.69, 9.17) is 11.6 Å². The van der Waals surface area contributed by atoms with E-state index in [1.807, 2.05) is 25.1 Å². The van der Waals surface area contributed by atoms with Gasteiger partial charge in [-0.3, -0.25) is 4.79 Å². The Balaban J connectivity index is 1.57. The maximum atomic E-state index is 12.8. The van der Waals surface area contributed by atoms with E-state index >= 15 is 0 Å². The van der Waals surface area contributed by atoms with Crippen molar-refractivity contribution in [2.45, 2.75) is 31.2 Å². The largest absolute Gasteiger partial charge is 0.342 e. The van der Waals surface area contributed by atoms with Crippen LogP contribution in [0.2, 0.25) is 5.02 Å². The Labute approximate surface area is 167 Å². The maximum Gasteiger partial charge on any atom is 0.251 e. The minimum absolute atomic E-state index is 0.291. The first-order valence-corrected chi connectivity index (χ1v) is 9.25. The summed E-state index contributed by atoms with van der Waals surface area (Å²) >= 11 is 6.20. The number of nitrogens with one attached hydrogen (secondary N) is 1. The van der Waals surface area contributed by atoms with Gasteiger partial charge in [-0.25, -0.2) is 9.97 Å². The molecule has 1 aliphatic rings. The summed E-state index contributed by atoms with van der Waals surface area (Å²) in [6.07, 6.45) is 4.66. The zero-order valence-corrected chi connectivity index (χ0v) is 15.9. The van der Waals surface area contributed by atoms with Crippen molar-refractivity contribution in [3.8, 4) is 11.9 Å². The minimum Gasteiger partial charge on any atom is -0.342 e. The molecule has 0 saturated heterocycles. The molecule has 1 saturated carbocycles. The van der Waals surface area contributed by atoms with E-state index in [1.54, 1.807) is 29.1 Å². The third-order valence-corrected chi connectivity index (χ3v) is 5.07. The number of hydrogen-bond donors (Lipinski definition) is 1. The molecule has 7 nitrogen and oxygen atoms in total. The van der Waals surface area contributed by atoms with Crippen LogP contribution < -0.4 is 5.32 Å². The molecular formula is C20H17ClN6O. The Hall–Kier alpha value is -3.24. The first-order chi connectivity index (χ1) is 13.5. The molecule has 0 aliphatic heterocycles. The van der Waals surface area contributed by atoms with Gasteiger partial charge in [0.2, 0.25) is 0 Å². The van der Waals surface area contributed by atoms with Crippen molar-refractivity contribution in [1.29, 1.82) is 5.26 Å². The second-order valence-corrected chi connectivity index (χ2v) is 7.27. The molecule has 1 aromatic carbocycles. The molecule has 1 amide bonds. The van der Waals surface area contributed by atoms with E-state index in [1.165, 1.54) is 6.33 Å². The summed E-state index contributed by atoms with van der Waals surface area (Å²) in [6.45, 7) is 1.82. The van der Waals surface area contributed by atoms with Crippen LogP contribution in [0.3, 0.4) is 0 Å². The van der Waals surface area contributed by atoms with Gasteiger partial charge in [-0.15, -0.1) is 0 Å².